The Morgan fingerprint density at radius 3 is 2.83 bits per heavy atom. The van der Waals surface area contributed by atoms with Crippen LogP contribution in [0.25, 0.3) is 0 Å². The van der Waals surface area contributed by atoms with E-state index in [9.17, 15) is 10.1 Å². The molecule has 0 aliphatic heterocycles. The monoisotopic (exact) mass is 250 g/mol. The van der Waals surface area contributed by atoms with Crippen molar-refractivity contribution in [2.24, 2.45) is 5.92 Å². The maximum absolute atomic E-state index is 10.7. The van der Waals surface area contributed by atoms with Gasteiger partial charge in [-0.2, -0.15) is 0 Å². The van der Waals surface area contributed by atoms with Crippen LogP contribution >= 0.6 is 0 Å². The molecule has 2 unspecified atom stereocenters. The van der Waals surface area contributed by atoms with E-state index < -0.39 is 4.92 Å². The predicted octanol–water partition coefficient (Wildman–Crippen LogP) is 3.13. The minimum Gasteiger partial charge on any atom is -0.490 e. The standard InChI is InChI=1S/C13H18N2O3/c1-9-3-2-4-10(7-9)18-11-5-6-13(15(16)17)12(14)8-11/h5-6,8-10H,2-4,7,14H2,1H3. The van der Waals surface area contributed by atoms with Crippen molar-refractivity contribution in [1.29, 1.82) is 0 Å². The highest BCUT2D eigenvalue weighted by atomic mass is 16.6. The molecule has 98 valence electrons. The van der Waals surface area contributed by atoms with Crippen molar-refractivity contribution in [1.82, 2.24) is 0 Å². The summed E-state index contributed by atoms with van der Waals surface area (Å²) in [6.45, 7) is 2.22. The number of nitrogens with zero attached hydrogens (tertiary/aromatic N) is 1. The summed E-state index contributed by atoms with van der Waals surface area (Å²) in [5.74, 6) is 1.30. The van der Waals surface area contributed by atoms with E-state index in [4.69, 9.17) is 10.5 Å². The number of nitro groups is 1. The lowest BCUT2D eigenvalue weighted by Crippen LogP contribution is -2.24. The normalized spacial score (nSPS) is 23.6. The lowest BCUT2D eigenvalue weighted by atomic mass is 9.89. The molecule has 0 amide bonds. The molecular weight excluding hydrogens is 232 g/mol. The van der Waals surface area contributed by atoms with Crippen molar-refractivity contribution < 1.29 is 9.66 Å². The van der Waals surface area contributed by atoms with Gasteiger partial charge in [0.25, 0.3) is 5.69 Å². The number of nitrogens with two attached hydrogens (primary N) is 1. The van der Waals surface area contributed by atoms with E-state index in [2.05, 4.69) is 6.92 Å². The van der Waals surface area contributed by atoms with Crippen LogP contribution in [0.5, 0.6) is 5.75 Å². The highest BCUT2D eigenvalue weighted by Gasteiger charge is 2.21. The fourth-order valence-electron chi connectivity index (χ4n) is 2.45. The van der Waals surface area contributed by atoms with Gasteiger partial charge in [-0.15, -0.1) is 0 Å². The zero-order valence-corrected chi connectivity index (χ0v) is 10.5. The molecule has 0 radical (unpaired) electrons. The van der Waals surface area contributed by atoms with E-state index >= 15 is 0 Å². The van der Waals surface area contributed by atoms with E-state index in [-0.39, 0.29) is 17.5 Å². The minimum absolute atomic E-state index is 0.0700. The Morgan fingerprint density at radius 2 is 2.22 bits per heavy atom. The van der Waals surface area contributed by atoms with E-state index in [1.54, 1.807) is 6.07 Å². The molecule has 1 aliphatic carbocycles. The number of benzene rings is 1. The molecule has 5 heteroatoms. The van der Waals surface area contributed by atoms with Gasteiger partial charge < -0.3 is 10.5 Å². The Bertz CT molecular complexity index is 448. The Kier molecular flexibility index (Phi) is 3.69. The third-order valence-electron chi connectivity index (χ3n) is 3.39. The molecule has 0 bridgehead atoms. The first-order valence-electron chi connectivity index (χ1n) is 6.27. The van der Waals surface area contributed by atoms with Gasteiger partial charge in [0.05, 0.1) is 11.0 Å². The van der Waals surface area contributed by atoms with Crippen LogP contribution in [0.2, 0.25) is 0 Å². The Balaban J connectivity index is 2.05. The highest BCUT2D eigenvalue weighted by Crippen LogP contribution is 2.30. The van der Waals surface area contributed by atoms with Crippen molar-refractivity contribution in [3.63, 3.8) is 0 Å². The second kappa shape index (κ2) is 5.25. The van der Waals surface area contributed by atoms with Crippen molar-refractivity contribution >= 4 is 11.4 Å². The largest absolute Gasteiger partial charge is 0.490 e. The molecule has 0 saturated heterocycles. The zero-order valence-electron chi connectivity index (χ0n) is 10.5. The number of nitro benzene ring substituents is 1. The fourth-order valence-corrected chi connectivity index (χ4v) is 2.45. The van der Waals surface area contributed by atoms with Gasteiger partial charge in [-0.3, -0.25) is 10.1 Å². The number of hydrogen-bond donors (Lipinski definition) is 1. The number of anilines is 1. The smallest absolute Gasteiger partial charge is 0.292 e. The fraction of sp³-hybridized carbons (Fsp3) is 0.538. The molecule has 0 spiro atoms. The molecule has 5 nitrogen and oxygen atoms in total. The predicted molar refractivity (Wildman–Crippen MR) is 69.6 cm³/mol. The summed E-state index contributed by atoms with van der Waals surface area (Å²) in [6, 6.07) is 4.56. The first-order chi connectivity index (χ1) is 8.56. The van der Waals surface area contributed by atoms with Gasteiger partial charge in [-0.25, -0.2) is 0 Å². The van der Waals surface area contributed by atoms with Crippen molar-refractivity contribution in [2.75, 3.05) is 5.73 Å². The quantitative estimate of drug-likeness (QED) is 0.508. The topological polar surface area (TPSA) is 78.4 Å². The molecule has 2 rings (SSSR count). The van der Waals surface area contributed by atoms with E-state index in [0.29, 0.717) is 11.7 Å². The van der Waals surface area contributed by atoms with Crippen LogP contribution in [0.15, 0.2) is 18.2 Å². The van der Waals surface area contributed by atoms with Crippen molar-refractivity contribution in [2.45, 2.75) is 38.7 Å². The Morgan fingerprint density at radius 1 is 1.44 bits per heavy atom. The molecular formula is C13H18N2O3. The van der Waals surface area contributed by atoms with Gasteiger partial charge in [0.2, 0.25) is 0 Å². The van der Waals surface area contributed by atoms with Gasteiger partial charge in [0, 0.05) is 12.1 Å². The Labute approximate surface area is 106 Å². The van der Waals surface area contributed by atoms with Crippen LogP contribution in [0.3, 0.4) is 0 Å². The number of nitrogen functional groups attached to an aromatic ring is 1. The van der Waals surface area contributed by atoms with Gasteiger partial charge in [0.15, 0.2) is 0 Å². The minimum atomic E-state index is -0.484. The molecule has 2 N–H and O–H groups in total. The number of rotatable bonds is 3. The van der Waals surface area contributed by atoms with Crippen LogP contribution in [-0.4, -0.2) is 11.0 Å². The first-order valence-corrected chi connectivity index (χ1v) is 6.27. The average Bonchev–Trinajstić information content (AvgIpc) is 2.28. The van der Waals surface area contributed by atoms with E-state index in [1.165, 1.54) is 25.0 Å². The molecule has 1 aromatic rings. The van der Waals surface area contributed by atoms with Crippen LogP contribution in [0.4, 0.5) is 11.4 Å². The zero-order chi connectivity index (χ0) is 13.1. The second-order valence-electron chi connectivity index (χ2n) is 4.99. The average molecular weight is 250 g/mol. The number of ether oxygens (including phenoxy) is 1. The summed E-state index contributed by atoms with van der Waals surface area (Å²) in [4.78, 5) is 10.2. The van der Waals surface area contributed by atoms with Crippen molar-refractivity contribution in [3.05, 3.63) is 28.3 Å². The second-order valence-corrected chi connectivity index (χ2v) is 4.99. The summed E-state index contributed by atoms with van der Waals surface area (Å²) in [5, 5.41) is 10.7. The molecule has 0 heterocycles. The van der Waals surface area contributed by atoms with Crippen LogP contribution in [-0.2, 0) is 0 Å². The maximum atomic E-state index is 10.7. The lowest BCUT2D eigenvalue weighted by molar-refractivity contribution is -0.383. The van der Waals surface area contributed by atoms with Gasteiger partial charge >= 0.3 is 0 Å². The van der Waals surface area contributed by atoms with Crippen LogP contribution in [0.1, 0.15) is 32.6 Å². The molecule has 1 saturated carbocycles. The molecule has 1 fully saturated rings. The van der Waals surface area contributed by atoms with Crippen molar-refractivity contribution in [3.8, 4) is 5.75 Å². The Hall–Kier alpha value is -1.78. The summed E-state index contributed by atoms with van der Waals surface area (Å²) < 4.78 is 5.84. The molecule has 18 heavy (non-hydrogen) atoms. The van der Waals surface area contributed by atoms with E-state index in [1.807, 2.05) is 0 Å². The summed E-state index contributed by atoms with van der Waals surface area (Å²) >= 11 is 0. The summed E-state index contributed by atoms with van der Waals surface area (Å²) in [5.41, 5.74) is 5.72. The number of hydrogen-bond acceptors (Lipinski definition) is 4. The first kappa shape index (κ1) is 12.7. The summed E-state index contributed by atoms with van der Waals surface area (Å²) in [7, 11) is 0. The highest BCUT2D eigenvalue weighted by molar-refractivity contribution is 5.60. The summed E-state index contributed by atoms with van der Waals surface area (Å²) in [6.07, 6.45) is 4.71. The molecule has 0 aromatic heterocycles. The SMILES string of the molecule is CC1CCCC(Oc2ccc([N+](=O)[O-])c(N)c2)C1. The molecule has 1 aromatic carbocycles. The van der Waals surface area contributed by atoms with Gasteiger partial charge in [-0.1, -0.05) is 13.3 Å². The maximum Gasteiger partial charge on any atom is 0.292 e. The molecule has 2 atom stereocenters. The molecule has 1 aliphatic rings. The van der Waals surface area contributed by atoms with Gasteiger partial charge in [0.1, 0.15) is 11.4 Å². The van der Waals surface area contributed by atoms with Crippen LogP contribution in [0, 0.1) is 16.0 Å². The third kappa shape index (κ3) is 2.91. The lowest BCUT2D eigenvalue weighted by Gasteiger charge is -2.27. The third-order valence-corrected chi connectivity index (χ3v) is 3.39. The van der Waals surface area contributed by atoms with E-state index in [0.717, 1.165) is 12.8 Å². The van der Waals surface area contributed by atoms with Crippen LogP contribution < -0.4 is 10.5 Å². The van der Waals surface area contributed by atoms with Gasteiger partial charge in [-0.05, 0) is 31.2 Å².